The first-order valence-corrected chi connectivity index (χ1v) is 5.10. The van der Waals surface area contributed by atoms with E-state index in [1.54, 1.807) is 7.05 Å². The van der Waals surface area contributed by atoms with Gasteiger partial charge >= 0.3 is 6.03 Å². The van der Waals surface area contributed by atoms with E-state index in [9.17, 15) is 9.59 Å². The second kappa shape index (κ2) is 5.55. The number of nitrogens with one attached hydrogen (secondary N) is 1. The highest BCUT2D eigenvalue weighted by molar-refractivity contribution is 5.77. The van der Waals surface area contributed by atoms with E-state index in [-0.39, 0.29) is 5.91 Å². The van der Waals surface area contributed by atoms with Crippen LogP contribution in [0, 0.1) is 0 Å². The third kappa shape index (κ3) is 3.75. The number of carbonyl (C=O) groups is 2. The third-order valence-corrected chi connectivity index (χ3v) is 2.51. The largest absolute Gasteiger partial charge is 0.351 e. The summed E-state index contributed by atoms with van der Waals surface area (Å²) in [6.07, 6.45) is 0.347. The predicted octanol–water partition coefficient (Wildman–Crippen LogP) is -1.18. The van der Waals surface area contributed by atoms with Crippen molar-refractivity contribution in [1.82, 2.24) is 15.1 Å². The minimum absolute atomic E-state index is 0.0876. The van der Waals surface area contributed by atoms with Gasteiger partial charge in [0.25, 0.3) is 0 Å². The fourth-order valence-corrected chi connectivity index (χ4v) is 1.45. The zero-order valence-electron chi connectivity index (χ0n) is 9.03. The standard InChI is InChI=1S/C9H18N4O2/c1-12(9(10)15)5-2-8(14)13-6-3-11-4-7-13/h11H,2-7H2,1H3,(H2,10,15). The minimum atomic E-state index is -0.497. The number of nitrogens with two attached hydrogens (primary N) is 1. The van der Waals surface area contributed by atoms with Crippen LogP contribution in [0.1, 0.15) is 6.42 Å². The van der Waals surface area contributed by atoms with Crippen LogP contribution in [0.15, 0.2) is 0 Å². The summed E-state index contributed by atoms with van der Waals surface area (Å²) in [6, 6.07) is -0.497. The van der Waals surface area contributed by atoms with E-state index >= 15 is 0 Å². The van der Waals surface area contributed by atoms with Crippen LogP contribution >= 0.6 is 0 Å². The molecule has 1 fully saturated rings. The number of hydrogen-bond acceptors (Lipinski definition) is 3. The van der Waals surface area contributed by atoms with Crippen molar-refractivity contribution in [2.45, 2.75) is 6.42 Å². The summed E-state index contributed by atoms with van der Waals surface area (Å²) in [7, 11) is 1.59. The molecule has 0 saturated carbocycles. The van der Waals surface area contributed by atoms with Crippen LogP contribution in [-0.2, 0) is 4.79 Å². The van der Waals surface area contributed by atoms with Crippen molar-refractivity contribution in [2.24, 2.45) is 5.73 Å². The molecule has 0 aliphatic carbocycles. The highest BCUT2D eigenvalue weighted by Gasteiger charge is 2.16. The Morgan fingerprint density at radius 3 is 2.53 bits per heavy atom. The number of amides is 3. The Kier molecular flexibility index (Phi) is 4.36. The minimum Gasteiger partial charge on any atom is -0.351 e. The molecule has 0 aromatic rings. The summed E-state index contributed by atoms with van der Waals surface area (Å²) in [6.45, 7) is 3.57. The van der Waals surface area contributed by atoms with Gasteiger partial charge in [-0.2, -0.15) is 0 Å². The van der Waals surface area contributed by atoms with Gasteiger partial charge in [0.1, 0.15) is 0 Å². The van der Waals surface area contributed by atoms with Crippen LogP contribution in [0.4, 0.5) is 4.79 Å². The lowest BCUT2D eigenvalue weighted by Crippen LogP contribution is -2.47. The van der Waals surface area contributed by atoms with E-state index in [4.69, 9.17) is 5.73 Å². The predicted molar refractivity (Wildman–Crippen MR) is 56.3 cm³/mol. The first-order chi connectivity index (χ1) is 7.11. The maximum absolute atomic E-state index is 11.6. The first-order valence-electron chi connectivity index (χ1n) is 5.10. The van der Waals surface area contributed by atoms with Gasteiger partial charge in [0.05, 0.1) is 0 Å². The van der Waals surface area contributed by atoms with Gasteiger partial charge in [-0.15, -0.1) is 0 Å². The van der Waals surface area contributed by atoms with Crippen molar-refractivity contribution >= 4 is 11.9 Å². The van der Waals surface area contributed by atoms with Crippen molar-refractivity contribution in [2.75, 3.05) is 39.8 Å². The van der Waals surface area contributed by atoms with E-state index in [1.807, 2.05) is 4.90 Å². The van der Waals surface area contributed by atoms with Crippen LogP contribution < -0.4 is 11.1 Å². The lowest BCUT2D eigenvalue weighted by molar-refractivity contribution is -0.131. The molecule has 3 amide bonds. The van der Waals surface area contributed by atoms with E-state index in [1.165, 1.54) is 4.90 Å². The van der Waals surface area contributed by atoms with E-state index < -0.39 is 6.03 Å². The number of nitrogens with zero attached hydrogens (tertiary/aromatic N) is 2. The molecule has 0 bridgehead atoms. The molecule has 0 atom stereocenters. The summed E-state index contributed by atoms with van der Waals surface area (Å²) in [5.41, 5.74) is 5.05. The SMILES string of the molecule is CN(CCC(=O)N1CCNCC1)C(N)=O. The van der Waals surface area contributed by atoms with Crippen LogP contribution in [0.2, 0.25) is 0 Å². The summed E-state index contributed by atoms with van der Waals surface area (Å²) in [5.74, 6) is 0.0876. The molecule has 86 valence electrons. The summed E-state index contributed by atoms with van der Waals surface area (Å²) < 4.78 is 0. The van der Waals surface area contributed by atoms with Crippen molar-refractivity contribution in [3.05, 3.63) is 0 Å². The Labute approximate surface area is 89.4 Å². The summed E-state index contributed by atoms with van der Waals surface area (Å²) in [4.78, 5) is 25.5. The average Bonchev–Trinajstić information content (AvgIpc) is 2.26. The molecule has 0 spiro atoms. The number of hydrogen-bond donors (Lipinski definition) is 2. The second-order valence-corrected chi connectivity index (χ2v) is 3.64. The lowest BCUT2D eigenvalue weighted by atomic mass is 10.3. The molecule has 1 saturated heterocycles. The van der Waals surface area contributed by atoms with Gasteiger partial charge in [0, 0.05) is 46.2 Å². The fourth-order valence-electron chi connectivity index (χ4n) is 1.45. The van der Waals surface area contributed by atoms with Gasteiger partial charge in [-0.3, -0.25) is 4.79 Å². The Morgan fingerprint density at radius 2 is 2.00 bits per heavy atom. The van der Waals surface area contributed by atoms with E-state index in [2.05, 4.69) is 5.32 Å². The van der Waals surface area contributed by atoms with Crippen molar-refractivity contribution in [1.29, 1.82) is 0 Å². The smallest absolute Gasteiger partial charge is 0.314 e. The zero-order chi connectivity index (χ0) is 11.3. The molecule has 0 radical (unpaired) electrons. The number of piperazine rings is 1. The van der Waals surface area contributed by atoms with Gasteiger partial charge in [0.2, 0.25) is 5.91 Å². The molecule has 3 N–H and O–H groups in total. The van der Waals surface area contributed by atoms with Gasteiger partial charge in [-0.05, 0) is 0 Å². The fraction of sp³-hybridized carbons (Fsp3) is 0.778. The number of rotatable bonds is 3. The molecule has 1 heterocycles. The Balaban J connectivity index is 2.25. The average molecular weight is 214 g/mol. The second-order valence-electron chi connectivity index (χ2n) is 3.64. The van der Waals surface area contributed by atoms with E-state index in [0.717, 1.165) is 26.2 Å². The molecule has 0 aromatic carbocycles. The molecule has 1 aliphatic heterocycles. The van der Waals surface area contributed by atoms with Crippen LogP contribution in [0.3, 0.4) is 0 Å². The number of urea groups is 1. The monoisotopic (exact) mass is 214 g/mol. The van der Waals surface area contributed by atoms with Crippen molar-refractivity contribution in [3.8, 4) is 0 Å². The van der Waals surface area contributed by atoms with Gasteiger partial charge in [-0.1, -0.05) is 0 Å². The molecule has 1 aliphatic rings. The van der Waals surface area contributed by atoms with E-state index in [0.29, 0.717) is 13.0 Å². The Bertz CT molecular complexity index is 238. The zero-order valence-corrected chi connectivity index (χ0v) is 9.03. The van der Waals surface area contributed by atoms with Crippen LogP contribution in [0.5, 0.6) is 0 Å². The maximum Gasteiger partial charge on any atom is 0.314 e. The molecule has 0 unspecified atom stereocenters. The lowest BCUT2D eigenvalue weighted by Gasteiger charge is -2.28. The topological polar surface area (TPSA) is 78.7 Å². The van der Waals surface area contributed by atoms with Gasteiger partial charge in [-0.25, -0.2) is 4.79 Å². The van der Waals surface area contributed by atoms with Crippen molar-refractivity contribution in [3.63, 3.8) is 0 Å². The molecule has 0 aromatic heterocycles. The van der Waals surface area contributed by atoms with Crippen LogP contribution in [0.25, 0.3) is 0 Å². The third-order valence-electron chi connectivity index (χ3n) is 2.51. The Hall–Kier alpha value is -1.30. The normalized spacial score (nSPS) is 16.2. The Morgan fingerprint density at radius 1 is 1.40 bits per heavy atom. The molecule has 1 rings (SSSR count). The summed E-state index contributed by atoms with van der Waals surface area (Å²) >= 11 is 0. The van der Waals surface area contributed by atoms with Crippen molar-refractivity contribution < 1.29 is 9.59 Å². The highest BCUT2D eigenvalue weighted by Crippen LogP contribution is 1.98. The molecule has 6 heteroatoms. The molecule has 6 nitrogen and oxygen atoms in total. The maximum atomic E-state index is 11.6. The quantitative estimate of drug-likeness (QED) is 0.620. The first kappa shape index (κ1) is 11.8. The molecular weight excluding hydrogens is 196 g/mol. The van der Waals surface area contributed by atoms with Crippen LogP contribution in [-0.4, -0.2) is 61.5 Å². The number of primary amides is 1. The van der Waals surface area contributed by atoms with Gasteiger partial charge in [0.15, 0.2) is 0 Å². The van der Waals surface area contributed by atoms with Gasteiger partial charge < -0.3 is 20.9 Å². The highest BCUT2D eigenvalue weighted by atomic mass is 16.2. The summed E-state index contributed by atoms with van der Waals surface area (Å²) in [5, 5.41) is 3.17. The number of carbonyl (C=O) groups excluding carboxylic acids is 2. The molecular formula is C9H18N4O2. The molecule has 15 heavy (non-hydrogen) atoms.